The second-order valence-electron chi connectivity index (χ2n) is 4.55. The molecule has 0 spiro atoms. The maximum Gasteiger partial charge on any atom is 0.281 e. The minimum absolute atomic E-state index is 0.310. The molecule has 0 unspecified atom stereocenters. The molecule has 1 heterocycles. The third-order valence-corrected chi connectivity index (χ3v) is 3.20. The van der Waals surface area contributed by atoms with Gasteiger partial charge in [0.05, 0.1) is 11.4 Å². The molecule has 0 bridgehead atoms. The van der Waals surface area contributed by atoms with E-state index in [2.05, 4.69) is 18.5 Å². The normalized spacial score (nSPS) is 15.6. The van der Waals surface area contributed by atoms with Gasteiger partial charge in [-0.3, -0.25) is 0 Å². The van der Waals surface area contributed by atoms with E-state index < -0.39 is 6.43 Å². The van der Waals surface area contributed by atoms with Crippen LogP contribution in [0, 0.1) is 0 Å². The summed E-state index contributed by atoms with van der Waals surface area (Å²) in [6, 6.07) is 7.67. The highest BCUT2D eigenvalue weighted by atomic mass is 19.3. The van der Waals surface area contributed by atoms with Crippen molar-refractivity contribution in [1.29, 1.82) is 0 Å². The van der Waals surface area contributed by atoms with Crippen molar-refractivity contribution < 1.29 is 8.78 Å². The number of hydrogen-bond donors (Lipinski definition) is 1. The van der Waals surface area contributed by atoms with E-state index in [-0.39, 0.29) is 5.70 Å². The third kappa shape index (κ3) is 3.18. The van der Waals surface area contributed by atoms with Gasteiger partial charge in [-0.2, -0.15) is 0 Å². The topological polar surface area (TPSA) is 41.6 Å². The number of aryl methyl sites for hydroxylation is 1. The van der Waals surface area contributed by atoms with Crippen LogP contribution < -0.4 is 10.6 Å². The van der Waals surface area contributed by atoms with Gasteiger partial charge in [0, 0.05) is 11.9 Å². The molecule has 2 N–H and O–H groups in total. The van der Waals surface area contributed by atoms with E-state index in [1.54, 1.807) is 4.90 Å². The summed E-state index contributed by atoms with van der Waals surface area (Å²) in [6.45, 7) is 5.96. The van der Waals surface area contributed by atoms with E-state index in [0.717, 1.165) is 12.1 Å². The van der Waals surface area contributed by atoms with Crippen LogP contribution in [0.4, 0.5) is 14.5 Å². The van der Waals surface area contributed by atoms with Gasteiger partial charge in [0.15, 0.2) is 0 Å². The summed E-state index contributed by atoms with van der Waals surface area (Å²) in [5.41, 5.74) is 7.79. The molecule has 1 aliphatic heterocycles. The maximum atomic E-state index is 13.0. The first-order valence-electron chi connectivity index (χ1n) is 6.61. The first kappa shape index (κ1) is 15.0. The van der Waals surface area contributed by atoms with Crippen molar-refractivity contribution in [2.75, 3.05) is 4.90 Å². The molecule has 0 aromatic heterocycles. The molecule has 5 heteroatoms. The number of nitrogens with two attached hydrogens (primary N) is 1. The largest absolute Gasteiger partial charge is 0.405 e. The average Bonchev–Trinajstić information content (AvgIpc) is 2.49. The highest BCUT2D eigenvalue weighted by Gasteiger charge is 2.22. The lowest BCUT2D eigenvalue weighted by atomic mass is 10.1. The summed E-state index contributed by atoms with van der Waals surface area (Å²) in [6.07, 6.45) is 2.29. The number of rotatable bonds is 4. The predicted octanol–water partition coefficient (Wildman–Crippen LogP) is 3.60. The van der Waals surface area contributed by atoms with Crippen molar-refractivity contribution in [3.8, 4) is 0 Å². The number of halogens is 2. The van der Waals surface area contributed by atoms with Gasteiger partial charge in [-0.25, -0.2) is 13.8 Å². The van der Waals surface area contributed by atoms with Crippen LogP contribution in [0.25, 0.3) is 0 Å². The molecule has 21 heavy (non-hydrogen) atoms. The predicted molar refractivity (Wildman–Crippen MR) is 82.3 cm³/mol. The first-order valence-corrected chi connectivity index (χ1v) is 6.61. The van der Waals surface area contributed by atoms with Crippen LogP contribution in [0.15, 0.2) is 65.7 Å². The zero-order chi connectivity index (χ0) is 15.4. The summed E-state index contributed by atoms with van der Waals surface area (Å²) < 4.78 is 26.0. The van der Waals surface area contributed by atoms with Crippen molar-refractivity contribution in [2.45, 2.75) is 19.8 Å². The Morgan fingerprint density at radius 2 is 2.00 bits per heavy atom. The molecule has 1 aliphatic rings. The summed E-state index contributed by atoms with van der Waals surface area (Å²) >= 11 is 0. The van der Waals surface area contributed by atoms with E-state index in [4.69, 9.17) is 5.73 Å². The number of hydrogen-bond acceptors (Lipinski definition) is 3. The van der Waals surface area contributed by atoms with Crippen LogP contribution >= 0.6 is 0 Å². The number of nitrogens with zero attached hydrogens (tertiary/aromatic N) is 2. The molecule has 2 rings (SSSR count). The molecule has 3 nitrogen and oxygen atoms in total. The van der Waals surface area contributed by atoms with Crippen molar-refractivity contribution in [3.05, 3.63) is 66.3 Å². The van der Waals surface area contributed by atoms with E-state index in [9.17, 15) is 8.78 Å². The Morgan fingerprint density at radius 1 is 1.33 bits per heavy atom. The summed E-state index contributed by atoms with van der Waals surface area (Å²) in [5.74, 6) is 0. The van der Waals surface area contributed by atoms with Gasteiger partial charge >= 0.3 is 0 Å². The quantitative estimate of drug-likeness (QED) is 0.920. The summed E-state index contributed by atoms with van der Waals surface area (Å²) in [4.78, 5) is 5.48. The molecule has 110 valence electrons. The maximum absolute atomic E-state index is 13.0. The number of anilines is 1. The Kier molecular flexibility index (Phi) is 4.52. The van der Waals surface area contributed by atoms with E-state index in [1.165, 1.54) is 24.0 Å². The fraction of sp³-hybridized carbons (Fsp3) is 0.188. The van der Waals surface area contributed by atoms with Crippen molar-refractivity contribution in [2.24, 2.45) is 10.7 Å². The lowest BCUT2D eigenvalue weighted by molar-refractivity contribution is 0.187. The van der Waals surface area contributed by atoms with Gasteiger partial charge < -0.3 is 10.6 Å². The summed E-state index contributed by atoms with van der Waals surface area (Å²) in [5, 5.41) is 0. The molecule has 0 amide bonds. The molecule has 1 aromatic carbocycles. The Bertz CT molecular complexity index is 613. The molecule has 0 radical (unpaired) electrons. The van der Waals surface area contributed by atoms with E-state index >= 15 is 0 Å². The second kappa shape index (κ2) is 6.35. The van der Waals surface area contributed by atoms with Gasteiger partial charge in [-0.15, -0.1) is 0 Å². The zero-order valence-corrected chi connectivity index (χ0v) is 11.8. The fourth-order valence-electron chi connectivity index (χ4n) is 2.02. The van der Waals surface area contributed by atoms with Crippen molar-refractivity contribution in [3.63, 3.8) is 0 Å². The molecule has 0 atom stereocenters. The summed E-state index contributed by atoms with van der Waals surface area (Å²) in [7, 11) is 0. The number of benzene rings is 1. The van der Waals surface area contributed by atoms with Gasteiger partial charge in [-0.1, -0.05) is 25.6 Å². The molecule has 1 aromatic rings. The highest BCUT2D eigenvalue weighted by Crippen LogP contribution is 2.27. The Morgan fingerprint density at radius 3 is 2.52 bits per heavy atom. The monoisotopic (exact) mass is 289 g/mol. The first-order chi connectivity index (χ1) is 10.1. The number of aliphatic imine (C=N–C) groups is 1. The fourth-order valence-corrected chi connectivity index (χ4v) is 2.02. The zero-order valence-electron chi connectivity index (χ0n) is 11.8. The second-order valence-corrected chi connectivity index (χ2v) is 4.55. The molecule has 0 fully saturated rings. The average molecular weight is 289 g/mol. The lowest BCUT2D eigenvalue weighted by Gasteiger charge is -2.27. The van der Waals surface area contributed by atoms with Gasteiger partial charge in [0.2, 0.25) is 0 Å². The number of allylic oxidation sites excluding steroid dienone is 2. The van der Waals surface area contributed by atoms with Gasteiger partial charge in [0.25, 0.3) is 6.43 Å². The minimum atomic E-state index is -2.66. The molecular weight excluding hydrogens is 272 g/mol. The third-order valence-electron chi connectivity index (χ3n) is 3.20. The molecular formula is C16H17F2N3. The molecule has 0 saturated heterocycles. The van der Waals surface area contributed by atoms with Crippen LogP contribution in [0.5, 0.6) is 0 Å². The molecule has 0 saturated carbocycles. The Balaban J connectivity index is 2.41. The SMILES string of the molecule is C=C1C(C=CN)=NC(C(F)F)=CN1c1ccc(CC)cc1. The van der Waals surface area contributed by atoms with E-state index in [0.29, 0.717) is 11.4 Å². The van der Waals surface area contributed by atoms with Gasteiger partial charge in [-0.05, 0) is 36.4 Å². The number of alkyl halides is 2. The lowest BCUT2D eigenvalue weighted by Crippen LogP contribution is -2.26. The van der Waals surface area contributed by atoms with Crippen LogP contribution in [0.3, 0.4) is 0 Å². The van der Waals surface area contributed by atoms with Crippen molar-refractivity contribution in [1.82, 2.24) is 0 Å². The highest BCUT2D eigenvalue weighted by molar-refractivity contribution is 6.11. The molecule has 0 aliphatic carbocycles. The van der Waals surface area contributed by atoms with Crippen LogP contribution in [-0.4, -0.2) is 12.1 Å². The standard InChI is InChI=1S/C16H17F2N3/c1-3-12-4-6-13(7-5-12)21-10-15(16(17)18)20-14(8-9-19)11(21)2/h4-10,16H,2-3,19H2,1H3. The smallest absolute Gasteiger partial charge is 0.281 e. The Hall–Kier alpha value is -2.43. The van der Waals surface area contributed by atoms with Crippen molar-refractivity contribution >= 4 is 11.4 Å². The van der Waals surface area contributed by atoms with Crippen LogP contribution in [0.2, 0.25) is 0 Å². The van der Waals surface area contributed by atoms with Crippen LogP contribution in [-0.2, 0) is 6.42 Å². The minimum Gasteiger partial charge on any atom is -0.405 e. The van der Waals surface area contributed by atoms with Gasteiger partial charge in [0.1, 0.15) is 5.70 Å². The van der Waals surface area contributed by atoms with E-state index in [1.807, 2.05) is 24.3 Å². The Labute approximate surface area is 122 Å². The van der Waals surface area contributed by atoms with Crippen LogP contribution in [0.1, 0.15) is 12.5 Å².